The monoisotopic (exact) mass is 260 g/mol. The number of hydrogen-bond acceptors (Lipinski definition) is 4. The molecule has 0 saturated heterocycles. The summed E-state index contributed by atoms with van der Waals surface area (Å²) in [6.07, 6.45) is 6.57. The van der Waals surface area contributed by atoms with Crippen LogP contribution in [-0.2, 0) is 6.42 Å². The number of aromatic nitrogens is 2. The van der Waals surface area contributed by atoms with E-state index in [4.69, 9.17) is 5.73 Å². The lowest BCUT2D eigenvalue weighted by Crippen LogP contribution is -2.21. The molecular formula is C15H24N4. The highest BCUT2D eigenvalue weighted by molar-refractivity contribution is 5.54. The molecule has 3 N–H and O–H groups in total. The topological polar surface area (TPSA) is 63.8 Å². The van der Waals surface area contributed by atoms with E-state index < -0.39 is 0 Å². The highest BCUT2D eigenvalue weighted by Crippen LogP contribution is 2.48. The molecule has 3 unspecified atom stereocenters. The fourth-order valence-electron chi connectivity index (χ4n) is 3.77. The van der Waals surface area contributed by atoms with Gasteiger partial charge in [-0.2, -0.15) is 0 Å². The predicted octanol–water partition coefficient (Wildman–Crippen LogP) is 2.78. The Morgan fingerprint density at radius 3 is 2.74 bits per heavy atom. The van der Waals surface area contributed by atoms with Gasteiger partial charge in [0.1, 0.15) is 17.5 Å². The van der Waals surface area contributed by atoms with Crippen LogP contribution in [0.15, 0.2) is 0 Å². The molecule has 2 bridgehead atoms. The van der Waals surface area contributed by atoms with Crippen molar-refractivity contribution in [2.24, 2.45) is 17.8 Å². The number of nitrogens with zero attached hydrogens (tertiary/aromatic N) is 2. The molecule has 2 aliphatic rings. The zero-order valence-corrected chi connectivity index (χ0v) is 11.9. The molecule has 4 nitrogen and oxygen atoms in total. The van der Waals surface area contributed by atoms with Gasteiger partial charge in [0.2, 0.25) is 0 Å². The molecule has 0 aliphatic heterocycles. The summed E-state index contributed by atoms with van der Waals surface area (Å²) in [4.78, 5) is 8.87. The maximum atomic E-state index is 5.95. The number of hydrogen-bond donors (Lipinski definition) is 2. The third-order valence-electron chi connectivity index (χ3n) is 4.96. The molecule has 0 radical (unpaired) electrons. The van der Waals surface area contributed by atoms with Crippen molar-refractivity contribution < 1.29 is 0 Å². The molecule has 1 aromatic rings. The Morgan fingerprint density at radius 1 is 1.26 bits per heavy atom. The molecule has 3 rings (SSSR count). The van der Waals surface area contributed by atoms with E-state index in [0.717, 1.165) is 47.9 Å². The van der Waals surface area contributed by atoms with Crippen LogP contribution in [0.5, 0.6) is 0 Å². The quantitative estimate of drug-likeness (QED) is 0.873. The lowest BCUT2D eigenvalue weighted by molar-refractivity contribution is 0.348. The first-order valence-corrected chi connectivity index (χ1v) is 7.54. The molecule has 2 fully saturated rings. The van der Waals surface area contributed by atoms with Crippen LogP contribution in [-0.4, -0.2) is 16.5 Å². The van der Waals surface area contributed by atoms with Crippen molar-refractivity contribution in [2.45, 2.75) is 46.0 Å². The molecule has 19 heavy (non-hydrogen) atoms. The lowest BCUT2D eigenvalue weighted by atomic mass is 9.89. The summed E-state index contributed by atoms with van der Waals surface area (Å²) < 4.78 is 0. The summed E-state index contributed by atoms with van der Waals surface area (Å²) in [5, 5.41) is 3.52. The van der Waals surface area contributed by atoms with Crippen molar-refractivity contribution in [2.75, 3.05) is 17.6 Å². The Bertz CT molecular complexity index is 471. The van der Waals surface area contributed by atoms with Crippen LogP contribution in [0.3, 0.4) is 0 Å². The summed E-state index contributed by atoms with van der Waals surface area (Å²) in [6.45, 7) is 5.10. The van der Waals surface area contributed by atoms with Gasteiger partial charge in [-0.1, -0.05) is 13.3 Å². The first kappa shape index (κ1) is 12.7. The SMILES string of the molecule is CCc1nc(N)c(C)c(NCC2CC3CCC2C3)n1. The molecule has 3 atom stereocenters. The fourth-order valence-corrected chi connectivity index (χ4v) is 3.77. The third kappa shape index (κ3) is 2.40. The van der Waals surface area contributed by atoms with E-state index in [2.05, 4.69) is 22.2 Å². The minimum atomic E-state index is 0.613. The maximum Gasteiger partial charge on any atom is 0.134 e. The van der Waals surface area contributed by atoms with Gasteiger partial charge in [0.15, 0.2) is 0 Å². The molecule has 0 spiro atoms. The highest BCUT2D eigenvalue weighted by Gasteiger charge is 2.39. The Balaban J connectivity index is 1.68. The van der Waals surface area contributed by atoms with Crippen LogP contribution < -0.4 is 11.1 Å². The summed E-state index contributed by atoms with van der Waals surface area (Å²) >= 11 is 0. The van der Waals surface area contributed by atoms with E-state index in [1.54, 1.807) is 0 Å². The average molecular weight is 260 g/mol. The van der Waals surface area contributed by atoms with Gasteiger partial charge in [0.05, 0.1) is 0 Å². The molecule has 0 amide bonds. The van der Waals surface area contributed by atoms with E-state index in [0.29, 0.717) is 5.82 Å². The van der Waals surface area contributed by atoms with Gasteiger partial charge >= 0.3 is 0 Å². The van der Waals surface area contributed by atoms with Crippen LogP contribution in [0.1, 0.15) is 44.0 Å². The molecule has 2 aliphatic carbocycles. The van der Waals surface area contributed by atoms with Gasteiger partial charge in [-0.3, -0.25) is 0 Å². The van der Waals surface area contributed by atoms with Crippen molar-refractivity contribution in [3.8, 4) is 0 Å². The largest absolute Gasteiger partial charge is 0.383 e. The molecule has 1 aromatic heterocycles. The van der Waals surface area contributed by atoms with E-state index in [1.807, 2.05) is 6.92 Å². The molecule has 4 heteroatoms. The maximum absolute atomic E-state index is 5.95. The highest BCUT2D eigenvalue weighted by atomic mass is 15.1. The number of anilines is 2. The summed E-state index contributed by atoms with van der Waals surface area (Å²) in [5.41, 5.74) is 6.94. The van der Waals surface area contributed by atoms with Crippen LogP contribution in [0.2, 0.25) is 0 Å². The van der Waals surface area contributed by atoms with Crippen molar-refractivity contribution in [1.29, 1.82) is 0 Å². The van der Waals surface area contributed by atoms with Gasteiger partial charge in [0.25, 0.3) is 0 Å². The van der Waals surface area contributed by atoms with Crippen molar-refractivity contribution in [3.05, 3.63) is 11.4 Å². The molecule has 0 aromatic carbocycles. The third-order valence-corrected chi connectivity index (χ3v) is 4.96. The van der Waals surface area contributed by atoms with Crippen LogP contribution >= 0.6 is 0 Å². The van der Waals surface area contributed by atoms with Crippen molar-refractivity contribution >= 4 is 11.6 Å². The van der Waals surface area contributed by atoms with Gasteiger partial charge in [0, 0.05) is 18.5 Å². The number of rotatable bonds is 4. The number of fused-ring (bicyclic) bond motifs is 2. The fraction of sp³-hybridized carbons (Fsp3) is 0.733. The number of aryl methyl sites for hydroxylation is 1. The Morgan fingerprint density at radius 2 is 2.11 bits per heavy atom. The Hall–Kier alpha value is -1.32. The Labute approximate surface area is 115 Å². The molecule has 2 saturated carbocycles. The first-order valence-electron chi connectivity index (χ1n) is 7.54. The Kier molecular flexibility index (Phi) is 3.33. The molecular weight excluding hydrogens is 236 g/mol. The van der Waals surface area contributed by atoms with Crippen molar-refractivity contribution in [3.63, 3.8) is 0 Å². The van der Waals surface area contributed by atoms with E-state index >= 15 is 0 Å². The van der Waals surface area contributed by atoms with Crippen LogP contribution in [0.25, 0.3) is 0 Å². The zero-order chi connectivity index (χ0) is 13.4. The summed E-state index contributed by atoms with van der Waals surface area (Å²) in [5.74, 6) is 5.16. The van der Waals surface area contributed by atoms with Gasteiger partial charge in [-0.15, -0.1) is 0 Å². The smallest absolute Gasteiger partial charge is 0.134 e. The van der Waals surface area contributed by atoms with E-state index in [9.17, 15) is 0 Å². The predicted molar refractivity (Wildman–Crippen MR) is 78.0 cm³/mol. The second kappa shape index (κ2) is 4.99. The minimum absolute atomic E-state index is 0.613. The number of nitrogen functional groups attached to an aromatic ring is 1. The average Bonchev–Trinajstić information content (AvgIpc) is 3.02. The van der Waals surface area contributed by atoms with Gasteiger partial charge in [-0.05, 0) is 43.9 Å². The number of nitrogens with one attached hydrogen (secondary N) is 1. The van der Waals surface area contributed by atoms with Gasteiger partial charge in [-0.25, -0.2) is 9.97 Å². The zero-order valence-electron chi connectivity index (χ0n) is 11.9. The normalized spacial score (nSPS) is 28.8. The van der Waals surface area contributed by atoms with Crippen LogP contribution in [0, 0.1) is 24.7 Å². The second-order valence-electron chi connectivity index (χ2n) is 6.17. The second-order valence-corrected chi connectivity index (χ2v) is 6.17. The standard InChI is InChI=1S/C15H24N4/c1-3-13-18-14(16)9(2)15(19-13)17-8-12-7-10-4-5-11(12)6-10/h10-12H,3-8H2,1-2H3,(H3,16,17,18,19). The number of nitrogens with two attached hydrogens (primary N) is 1. The molecule has 104 valence electrons. The van der Waals surface area contributed by atoms with E-state index in [-0.39, 0.29) is 0 Å². The van der Waals surface area contributed by atoms with Crippen LogP contribution in [0.4, 0.5) is 11.6 Å². The summed E-state index contributed by atoms with van der Waals surface area (Å²) in [6, 6.07) is 0. The first-order chi connectivity index (χ1) is 9.17. The van der Waals surface area contributed by atoms with Gasteiger partial charge < -0.3 is 11.1 Å². The summed E-state index contributed by atoms with van der Waals surface area (Å²) in [7, 11) is 0. The molecule has 1 heterocycles. The minimum Gasteiger partial charge on any atom is -0.383 e. The lowest BCUT2D eigenvalue weighted by Gasteiger charge is -2.22. The van der Waals surface area contributed by atoms with E-state index in [1.165, 1.54) is 25.7 Å². The van der Waals surface area contributed by atoms with Crippen molar-refractivity contribution in [1.82, 2.24) is 9.97 Å².